The molecule has 0 aliphatic rings. The number of fused-ring (bicyclic) bond motifs is 1. The zero-order valence-electron chi connectivity index (χ0n) is 12.6. The van der Waals surface area contributed by atoms with E-state index in [4.69, 9.17) is 5.73 Å². The van der Waals surface area contributed by atoms with E-state index < -0.39 is 5.91 Å². The lowest BCUT2D eigenvalue weighted by Gasteiger charge is -2.12. The summed E-state index contributed by atoms with van der Waals surface area (Å²) < 4.78 is 0. The molecule has 0 unspecified atom stereocenters. The molecule has 0 aliphatic carbocycles. The van der Waals surface area contributed by atoms with Gasteiger partial charge in [-0.3, -0.25) is 4.79 Å². The van der Waals surface area contributed by atoms with Crippen LogP contribution in [0.15, 0.2) is 36.5 Å². The number of H-pyrrole nitrogens is 1. The number of nitrogens with one attached hydrogen (secondary N) is 2. The van der Waals surface area contributed by atoms with Gasteiger partial charge in [0, 0.05) is 22.8 Å². The first kappa shape index (κ1) is 14.1. The molecule has 0 spiro atoms. The molecular formula is C17H18N4O. The summed E-state index contributed by atoms with van der Waals surface area (Å²) in [5, 5.41) is 4.49. The number of amides is 1. The molecular weight excluding hydrogens is 276 g/mol. The molecule has 0 radical (unpaired) electrons. The van der Waals surface area contributed by atoms with E-state index in [1.54, 1.807) is 6.20 Å². The van der Waals surface area contributed by atoms with E-state index in [1.165, 1.54) is 10.9 Å². The number of primary amides is 1. The predicted octanol–water partition coefficient (Wildman–Crippen LogP) is 2.89. The number of aryl methyl sites for hydroxylation is 2. The summed E-state index contributed by atoms with van der Waals surface area (Å²) in [5.74, 6) is -0.528. The Bertz CT molecular complexity index is 851. The highest BCUT2D eigenvalue weighted by Gasteiger charge is 2.13. The first-order valence-electron chi connectivity index (χ1n) is 7.13. The van der Waals surface area contributed by atoms with Crippen molar-refractivity contribution in [1.82, 2.24) is 9.97 Å². The van der Waals surface area contributed by atoms with Crippen LogP contribution in [0, 0.1) is 13.8 Å². The second-order valence-corrected chi connectivity index (χ2v) is 5.34. The monoisotopic (exact) mass is 294 g/mol. The number of hydrogen-bond acceptors (Lipinski definition) is 3. The number of hydrogen-bond donors (Lipinski definition) is 3. The normalized spacial score (nSPS) is 10.8. The summed E-state index contributed by atoms with van der Waals surface area (Å²) in [5.41, 5.74) is 10.7. The largest absolute Gasteiger partial charge is 0.377 e. The standard InChI is InChI=1S/C17H18N4O/c1-10-7-8-19-16(17(18)22)15(10)20-9-14-11(2)12-5-3-4-6-13(12)21-14/h3-8,20-21H,9H2,1-2H3,(H2,18,22). The van der Waals surface area contributed by atoms with Gasteiger partial charge in [0.05, 0.1) is 12.2 Å². The second kappa shape index (κ2) is 5.52. The number of nitrogens with zero attached hydrogens (tertiary/aromatic N) is 1. The van der Waals surface area contributed by atoms with Crippen LogP contribution in [0.4, 0.5) is 5.69 Å². The van der Waals surface area contributed by atoms with Crippen molar-refractivity contribution in [2.75, 3.05) is 5.32 Å². The van der Waals surface area contributed by atoms with Crippen LogP contribution in [0.1, 0.15) is 27.3 Å². The summed E-state index contributed by atoms with van der Waals surface area (Å²) >= 11 is 0. The third-order valence-electron chi connectivity index (χ3n) is 3.90. The minimum absolute atomic E-state index is 0.272. The van der Waals surface area contributed by atoms with Crippen LogP contribution in [-0.2, 0) is 6.54 Å². The van der Waals surface area contributed by atoms with Crippen LogP contribution >= 0.6 is 0 Å². The van der Waals surface area contributed by atoms with Crippen LogP contribution in [-0.4, -0.2) is 15.9 Å². The van der Waals surface area contributed by atoms with E-state index in [9.17, 15) is 4.79 Å². The third kappa shape index (κ3) is 2.41. The molecule has 0 saturated carbocycles. The van der Waals surface area contributed by atoms with Gasteiger partial charge in [-0.25, -0.2) is 4.98 Å². The average Bonchev–Trinajstić information content (AvgIpc) is 2.82. The van der Waals surface area contributed by atoms with Gasteiger partial charge in [0.15, 0.2) is 5.69 Å². The Labute approximate surface area is 128 Å². The summed E-state index contributed by atoms with van der Waals surface area (Å²) in [6.07, 6.45) is 1.59. The Kier molecular flexibility index (Phi) is 3.55. The Morgan fingerprint density at radius 1 is 1.27 bits per heavy atom. The van der Waals surface area contributed by atoms with Crippen molar-refractivity contribution in [3.8, 4) is 0 Å². The van der Waals surface area contributed by atoms with Crippen molar-refractivity contribution in [3.63, 3.8) is 0 Å². The second-order valence-electron chi connectivity index (χ2n) is 5.34. The molecule has 22 heavy (non-hydrogen) atoms. The molecule has 0 atom stereocenters. The average molecular weight is 294 g/mol. The fourth-order valence-corrected chi connectivity index (χ4v) is 2.66. The van der Waals surface area contributed by atoms with E-state index in [0.29, 0.717) is 12.2 Å². The van der Waals surface area contributed by atoms with Crippen molar-refractivity contribution in [1.29, 1.82) is 0 Å². The number of aromatic amines is 1. The van der Waals surface area contributed by atoms with E-state index >= 15 is 0 Å². The fourth-order valence-electron chi connectivity index (χ4n) is 2.66. The zero-order valence-corrected chi connectivity index (χ0v) is 12.6. The highest BCUT2D eigenvalue weighted by molar-refractivity contribution is 5.97. The minimum atomic E-state index is -0.528. The molecule has 3 rings (SSSR count). The smallest absolute Gasteiger partial charge is 0.269 e. The van der Waals surface area contributed by atoms with Crippen LogP contribution < -0.4 is 11.1 Å². The number of para-hydroxylation sites is 1. The molecule has 3 aromatic rings. The van der Waals surface area contributed by atoms with Gasteiger partial charge in [-0.05, 0) is 37.1 Å². The molecule has 5 heteroatoms. The molecule has 112 valence electrons. The van der Waals surface area contributed by atoms with Crippen molar-refractivity contribution < 1.29 is 4.79 Å². The maximum absolute atomic E-state index is 11.5. The van der Waals surface area contributed by atoms with E-state index in [0.717, 1.165) is 16.8 Å². The predicted molar refractivity (Wildman–Crippen MR) is 87.9 cm³/mol. The van der Waals surface area contributed by atoms with Crippen molar-refractivity contribution >= 4 is 22.5 Å². The van der Waals surface area contributed by atoms with Gasteiger partial charge in [0.25, 0.3) is 5.91 Å². The molecule has 0 aliphatic heterocycles. The molecule has 2 heterocycles. The molecule has 0 fully saturated rings. The minimum Gasteiger partial charge on any atom is -0.377 e. The molecule has 5 nitrogen and oxygen atoms in total. The van der Waals surface area contributed by atoms with Crippen molar-refractivity contribution in [3.05, 3.63) is 59.0 Å². The molecule has 4 N–H and O–H groups in total. The van der Waals surface area contributed by atoms with Crippen molar-refractivity contribution in [2.24, 2.45) is 5.73 Å². The maximum Gasteiger partial charge on any atom is 0.269 e. The molecule has 0 saturated heterocycles. The highest BCUT2D eigenvalue weighted by atomic mass is 16.1. The number of carbonyl (C=O) groups is 1. The van der Waals surface area contributed by atoms with E-state index in [1.807, 2.05) is 25.1 Å². The summed E-state index contributed by atoms with van der Waals surface area (Å²) in [6, 6.07) is 10.0. The van der Waals surface area contributed by atoms with Gasteiger partial charge in [-0.2, -0.15) is 0 Å². The third-order valence-corrected chi connectivity index (χ3v) is 3.90. The Hall–Kier alpha value is -2.82. The fraction of sp³-hybridized carbons (Fsp3) is 0.176. The van der Waals surface area contributed by atoms with Gasteiger partial charge in [0.1, 0.15) is 0 Å². The Balaban J connectivity index is 1.92. The van der Waals surface area contributed by atoms with Crippen molar-refractivity contribution in [2.45, 2.75) is 20.4 Å². The van der Waals surface area contributed by atoms with Gasteiger partial charge < -0.3 is 16.0 Å². The molecule has 0 bridgehead atoms. The molecule has 1 amide bonds. The lowest BCUT2D eigenvalue weighted by atomic mass is 10.1. The zero-order chi connectivity index (χ0) is 15.7. The highest BCUT2D eigenvalue weighted by Crippen LogP contribution is 2.23. The van der Waals surface area contributed by atoms with Crippen LogP contribution in [0.2, 0.25) is 0 Å². The summed E-state index contributed by atoms with van der Waals surface area (Å²) in [6.45, 7) is 4.59. The van der Waals surface area contributed by atoms with Gasteiger partial charge in [-0.15, -0.1) is 0 Å². The topological polar surface area (TPSA) is 83.8 Å². The quantitative estimate of drug-likeness (QED) is 0.691. The van der Waals surface area contributed by atoms with Gasteiger partial charge in [-0.1, -0.05) is 18.2 Å². The van der Waals surface area contributed by atoms with Gasteiger partial charge >= 0.3 is 0 Å². The van der Waals surface area contributed by atoms with E-state index in [-0.39, 0.29) is 5.69 Å². The number of pyridine rings is 1. The molecule has 2 aromatic heterocycles. The number of benzene rings is 1. The van der Waals surface area contributed by atoms with E-state index in [2.05, 4.69) is 34.3 Å². The van der Waals surface area contributed by atoms with Crippen LogP contribution in [0.25, 0.3) is 10.9 Å². The maximum atomic E-state index is 11.5. The Morgan fingerprint density at radius 3 is 2.77 bits per heavy atom. The summed E-state index contributed by atoms with van der Waals surface area (Å²) in [7, 11) is 0. The SMILES string of the molecule is Cc1ccnc(C(N)=O)c1NCc1[nH]c2ccccc2c1C. The Morgan fingerprint density at radius 2 is 2.05 bits per heavy atom. The van der Waals surface area contributed by atoms with Crippen LogP contribution in [0.3, 0.4) is 0 Å². The first-order chi connectivity index (χ1) is 10.6. The number of rotatable bonds is 4. The number of aromatic nitrogens is 2. The lowest BCUT2D eigenvalue weighted by Crippen LogP contribution is -2.17. The van der Waals surface area contributed by atoms with Crippen LogP contribution in [0.5, 0.6) is 0 Å². The van der Waals surface area contributed by atoms with Gasteiger partial charge in [0.2, 0.25) is 0 Å². The lowest BCUT2D eigenvalue weighted by molar-refractivity contribution is 0.0996. The summed E-state index contributed by atoms with van der Waals surface area (Å²) in [4.78, 5) is 19.0. The number of anilines is 1. The number of carbonyl (C=O) groups excluding carboxylic acids is 1. The number of nitrogens with two attached hydrogens (primary N) is 1. The molecule has 1 aromatic carbocycles. The first-order valence-corrected chi connectivity index (χ1v) is 7.13.